The van der Waals surface area contributed by atoms with Crippen molar-refractivity contribution in [2.45, 2.75) is 38.1 Å². The lowest BCUT2D eigenvalue weighted by atomic mass is 9.95. The second-order valence-electron chi connectivity index (χ2n) is 4.41. The van der Waals surface area contributed by atoms with Crippen LogP contribution in [0.25, 0.3) is 0 Å². The quantitative estimate of drug-likeness (QED) is 0.860. The molecule has 0 heterocycles. The van der Waals surface area contributed by atoms with Crippen LogP contribution in [-0.2, 0) is 0 Å². The van der Waals surface area contributed by atoms with Gasteiger partial charge >= 0.3 is 0 Å². The van der Waals surface area contributed by atoms with Gasteiger partial charge in [0.1, 0.15) is 5.82 Å². The van der Waals surface area contributed by atoms with Gasteiger partial charge in [0.05, 0.1) is 10.6 Å². The summed E-state index contributed by atoms with van der Waals surface area (Å²) in [5.74, 6) is -0.829. The standard InChI is InChI=1S/C13H15ClFNO/c14-12-10(7-4-8-11(12)15)13(17)16-9-5-2-1-3-6-9/h4,7-9H,1-3,5-6H2,(H,16,17). The van der Waals surface area contributed by atoms with Crippen molar-refractivity contribution in [2.24, 2.45) is 0 Å². The zero-order valence-electron chi connectivity index (χ0n) is 9.51. The van der Waals surface area contributed by atoms with E-state index in [0.29, 0.717) is 0 Å². The molecule has 0 spiro atoms. The summed E-state index contributed by atoms with van der Waals surface area (Å²) in [6.45, 7) is 0. The Morgan fingerprint density at radius 2 is 2.00 bits per heavy atom. The molecule has 2 rings (SSSR count). The molecule has 92 valence electrons. The minimum atomic E-state index is -0.553. The fourth-order valence-corrected chi connectivity index (χ4v) is 2.40. The minimum Gasteiger partial charge on any atom is -0.349 e. The highest BCUT2D eigenvalue weighted by Gasteiger charge is 2.19. The normalized spacial score (nSPS) is 16.8. The fourth-order valence-electron chi connectivity index (χ4n) is 2.19. The third-order valence-corrected chi connectivity index (χ3v) is 3.52. The summed E-state index contributed by atoms with van der Waals surface area (Å²) in [5, 5.41) is 2.82. The van der Waals surface area contributed by atoms with Gasteiger partial charge in [-0.1, -0.05) is 36.9 Å². The van der Waals surface area contributed by atoms with Gasteiger partial charge in [-0.2, -0.15) is 0 Å². The molecule has 1 aromatic carbocycles. The maximum atomic E-state index is 13.2. The van der Waals surface area contributed by atoms with Crippen LogP contribution in [0.4, 0.5) is 4.39 Å². The monoisotopic (exact) mass is 255 g/mol. The first-order valence-corrected chi connectivity index (χ1v) is 6.31. The van der Waals surface area contributed by atoms with Crippen LogP contribution < -0.4 is 5.32 Å². The Labute approximate surface area is 105 Å². The number of benzene rings is 1. The van der Waals surface area contributed by atoms with E-state index in [2.05, 4.69) is 5.32 Å². The van der Waals surface area contributed by atoms with E-state index in [9.17, 15) is 9.18 Å². The van der Waals surface area contributed by atoms with Crippen LogP contribution in [0.3, 0.4) is 0 Å². The number of carbonyl (C=O) groups excluding carboxylic acids is 1. The number of carbonyl (C=O) groups is 1. The summed E-state index contributed by atoms with van der Waals surface area (Å²) in [6, 6.07) is 4.50. The van der Waals surface area contributed by atoms with Gasteiger partial charge in [-0.3, -0.25) is 4.79 Å². The Morgan fingerprint density at radius 3 is 2.71 bits per heavy atom. The molecule has 1 aliphatic rings. The maximum absolute atomic E-state index is 13.2. The third-order valence-electron chi connectivity index (χ3n) is 3.14. The lowest BCUT2D eigenvalue weighted by molar-refractivity contribution is 0.0927. The van der Waals surface area contributed by atoms with Crippen molar-refractivity contribution >= 4 is 17.5 Å². The van der Waals surface area contributed by atoms with E-state index in [1.807, 2.05) is 0 Å². The summed E-state index contributed by atoms with van der Waals surface area (Å²) >= 11 is 5.77. The number of nitrogens with one attached hydrogen (secondary N) is 1. The predicted molar refractivity (Wildman–Crippen MR) is 65.7 cm³/mol. The van der Waals surface area contributed by atoms with Crippen LogP contribution in [0.5, 0.6) is 0 Å². The van der Waals surface area contributed by atoms with Crippen LogP contribution in [0.15, 0.2) is 18.2 Å². The number of hydrogen-bond acceptors (Lipinski definition) is 1. The highest BCUT2D eigenvalue weighted by molar-refractivity contribution is 6.34. The first-order valence-electron chi connectivity index (χ1n) is 5.93. The Balaban J connectivity index is 2.06. The van der Waals surface area contributed by atoms with E-state index in [1.54, 1.807) is 6.07 Å². The van der Waals surface area contributed by atoms with Crippen molar-refractivity contribution in [1.29, 1.82) is 0 Å². The number of hydrogen-bond donors (Lipinski definition) is 1. The van der Waals surface area contributed by atoms with Crippen molar-refractivity contribution in [1.82, 2.24) is 5.32 Å². The van der Waals surface area contributed by atoms with Crippen molar-refractivity contribution in [3.05, 3.63) is 34.6 Å². The summed E-state index contributed by atoms with van der Waals surface area (Å²) < 4.78 is 13.2. The molecule has 0 unspecified atom stereocenters. The SMILES string of the molecule is O=C(NC1CCCCC1)c1cccc(F)c1Cl. The molecule has 1 saturated carbocycles. The molecule has 0 atom stereocenters. The summed E-state index contributed by atoms with van der Waals surface area (Å²) in [5.41, 5.74) is 0.220. The zero-order valence-corrected chi connectivity index (χ0v) is 10.3. The summed E-state index contributed by atoms with van der Waals surface area (Å²) in [4.78, 5) is 11.9. The van der Waals surface area contributed by atoms with Gasteiger partial charge in [-0.05, 0) is 25.0 Å². The average molecular weight is 256 g/mol. The second kappa shape index (κ2) is 5.50. The molecule has 1 amide bonds. The van der Waals surface area contributed by atoms with E-state index >= 15 is 0 Å². The van der Waals surface area contributed by atoms with Crippen molar-refractivity contribution in [3.63, 3.8) is 0 Å². The molecule has 1 aliphatic carbocycles. The first kappa shape index (κ1) is 12.4. The number of amides is 1. The number of rotatable bonds is 2. The molecule has 0 saturated heterocycles. The summed E-state index contributed by atoms with van der Waals surface area (Å²) in [6.07, 6.45) is 5.51. The molecule has 1 fully saturated rings. The van der Waals surface area contributed by atoms with Crippen LogP contribution in [0, 0.1) is 5.82 Å². The Morgan fingerprint density at radius 1 is 1.29 bits per heavy atom. The van der Waals surface area contributed by atoms with Gasteiger partial charge in [0, 0.05) is 6.04 Å². The van der Waals surface area contributed by atoms with Gasteiger partial charge < -0.3 is 5.32 Å². The maximum Gasteiger partial charge on any atom is 0.253 e. The average Bonchev–Trinajstić information content (AvgIpc) is 2.34. The molecule has 0 bridgehead atoms. The molecule has 17 heavy (non-hydrogen) atoms. The Kier molecular flexibility index (Phi) is 4.00. The highest BCUT2D eigenvalue weighted by atomic mass is 35.5. The van der Waals surface area contributed by atoms with Crippen molar-refractivity contribution in [3.8, 4) is 0 Å². The molecule has 0 radical (unpaired) electrons. The predicted octanol–water partition coefficient (Wildman–Crippen LogP) is 3.54. The molecule has 1 N–H and O–H groups in total. The van der Waals surface area contributed by atoms with Gasteiger partial charge in [-0.25, -0.2) is 4.39 Å². The molecular weight excluding hydrogens is 241 g/mol. The van der Waals surface area contributed by atoms with Crippen LogP contribution in [0.2, 0.25) is 5.02 Å². The van der Waals surface area contributed by atoms with Crippen molar-refractivity contribution < 1.29 is 9.18 Å². The first-order chi connectivity index (χ1) is 8.18. The molecule has 0 aliphatic heterocycles. The topological polar surface area (TPSA) is 29.1 Å². The number of halogens is 2. The van der Waals surface area contributed by atoms with E-state index < -0.39 is 5.82 Å². The van der Waals surface area contributed by atoms with Gasteiger partial charge in [-0.15, -0.1) is 0 Å². The van der Waals surface area contributed by atoms with E-state index in [-0.39, 0.29) is 22.5 Å². The largest absolute Gasteiger partial charge is 0.349 e. The van der Waals surface area contributed by atoms with E-state index in [1.165, 1.54) is 18.6 Å². The van der Waals surface area contributed by atoms with E-state index in [4.69, 9.17) is 11.6 Å². The lowest BCUT2D eigenvalue weighted by Crippen LogP contribution is -2.36. The second-order valence-corrected chi connectivity index (χ2v) is 4.79. The van der Waals surface area contributed by atoms with Crippen LogP contribution >= 0.6 is 11.6 Å². The Hall–Kier alpha value is -1.09. The molecular formula is C13H15ClFNO. The van der Waals surface area contributed by atoms with Gasteiger partial charge in [0.25, 0.3) is 5.91 Å². The molecule has 0 aromatic heterocycles. The Bertz CT molecular complexity index is 416. The minimum absolute atomic E-state index is 0.0965. The van der Waals surface area contributed by atoms with Crippen LogP contribution in [-0.4, -0.2) is 11.9 Å². The summed E-state index contributed by atoms with van der Waals surface area (Å²) in [7, 11) is 0. The smallest absolute Gasteiger partial charge is 0.253 e. The molecule has 2 nitrogen and oxygen atoms in total. The zero-order chi connectivity index (χ0) is 12.3. The van der Waals surface area contributed by atoms with Gasteiger partial charge in [0.2, 0.25) is 0 Å². The fraction of sp³-hybridized carbons (Fsp3) is 0.462. The van der Waals surface area contributed by atoms with Crippen molar-refractivity contribution in [2.75, 3.05) is 0 Å². The van der Waals surface area contributed by atoms with Gasteiger partial charge in [0.15, 0.2) is 0 Å². The molecule has 1 aromatic rings. The molecule has 4 heteroatoms. The van der Waals surface area contributed by atoms with E-state index in [0.717, 1.165) is 25.7 Å². The third kappa shape index (κ3) is 2.97. The van der Waals surface area contributed by atoms with Crippen LogP contribution in [0.1, 0.15) is 42.5 Å². The highest BCUT2D eigenvalue weighted by Crippen LogP contribution is 2.21. The lowest BCUT2D eigenvalue weighted by Gasteiger charge is -2.22.